The average molecular weight is 1130 g/mol. The van der Waals surface area contributed by atoms with Crippen molar-refractivity contribution in [2.24, 2.45) is 0 Å². The lowest BCUT2D eigenvalue weighted by atomic mass is 10.1. The Bertz CT molecular complexity index is 1870. The third kappa shape index (κ3) is 65.6. The smallest absolute Gasteiger partial charge is 0.306 e. The summed E-state index contributed by atoms with van der Waals surface area (Å²) < 4.78 is 16.9. The van der Waals surface area contributed by atoms with E-state index in [1.165, 1.54) is 44.9 Å². The van der Waals surface area contributed by atoms with Gasteiger partial charge in [-0.2, -0.15) is 0 Å². The fourth-order valence-electron chi connectivity index (χ4n) is 8.52. The number of unbranched alkanes of at least 4 members (excludes halogenated alkanes) is 19. The van der Waals surface area contributed by atoms with Gasteiger partial charge in [-0.1, -0.05) is 274 Å². The molecular formula is C76H120O6. The number of carbonyl (C=O) groups excluding carboxylic acids is 3. The van der Waals surface area contributed by atoms with Gasteiger partial charge in [-0.3, -0.25) is 14.4 Å². The van der Waals surface area contributed by atoms with Crippen LogP contribution < -0.4 is 0 Å². The molecule has 1 unspecified atom stereocenters. The fourth-order valence-corrected chi connectivity index (χ4v) is 8.52. The van der Waals surface area contributed by atoms with Gasteiger partial charge in [0.1, 0.15) is 13.2 Å². The summed E-state index contributed by atoms with van der Waals surface area (Å²) >= 11 is 0. The Kier molecular flexibility index (Phi) is 63.9. The van der Waals surface area contributed by atoms with Crippen molar-refractivity contribution < 1.29 is 28.6 Å². The Morgan fingerprint density at radius 1 is 0.256 bits per heavy atom. The van der Waals surface area contributed by atoms with Crippen molar-refractivity contribution in [1.29, 1.82) is 0 Å². The van der Waals surface area contributed by atoms with Crippen LogP contribution >= 0.6 is 0 Å². The predicted octanol–water partition coefficient (Wildman–Crippen LogP) is 23.0. The van der Waals surface area contributed by atoms with Crippen molar-refractivity contribution in [3.05, 3.63) is 170 Å². The molecule has 6 nitrogen and oxygen atoms in total. The number of ether oxygens (including phenoxy) is 3. The highest BCUT2D eigenvalue weighted by atomic mass is 16.6. The van der Waals surface area contributed by atoms with E-state index in [-0.39, 0.29) is 31.1 Å². The summed E-state index contributed by atoms with van der Waals surface area (Å²) in [5, 5.41) is 0. The lowest BCUT2D eigenvalue weighted by molar-refractivity contribution is -0.167. The molecule has 0 aliphatic carbocycles. The Morgan fingerprint density at radius 3 is 0.744 bits per heavy atom. The maximum absolute atomic E-state index is 12.9. The first-order chi connectivity index (χ1) is 40.5. The van der Waals surface area contributed by atoms with E-state index < -0.39 is 6.10 Å². The van der Waals surface area contributed by atoms with E-state index in [1.54, 1.807) is 0 Å². The van der Waals surface area contributed by atoms with Crippen LogP contribution in [0.3, 0.4) is 0 Å². The second-order valence-corrected chi connectivity index (χ2v) is 21.3. The maximum Gasteiger partial charge on any atom is 0.306 e. The second kappa shape index (κ2) is 68.3. The number of esters is 3. The molecule has 0 saturated heterocycles. The normalized spacial score (nSPS) is 13.3. The van der Waals surface area contributed by atoms with Crippen LogP contribution in [0.2, 0.25) is 0 Å². The first-order valence-electron chi connectivity index (χ1n) is 33.1. The van der Waals surface area contributed by atoms with E-state index >= 15 is 0 Å². The zero-order valence-corrected chi connectivity index (χ0v) is 52.7. The third-order valence-corrected chi connectivity index (χ3v) is 13.4. The molecule has 0 spiro atoms. The van der Waals surface area contributed by atoms with Crippen LogP contribution in [-0.4, -0.2) is 37.2 Å². The van der Waals surface area contributed by atoms with Crippen LogP contribution in [0.5, 0.6) is 0 Å². The van der Waals surface area contributed by atoms with Gasteiger partial charge >= 0.3 is 17.9 Å². The van der Waals surface area contributed by atoms with Crippen molar-refractivity contribution in [2.45, 2.75) is 277 Å². The summed E-state index contributed by atoms with van der Waals surface area (Å²) in [5.41, 5.74) is 0. The zero-order chi connectivity index (χ0) is 59.2. The number of hydrogen-bond acceptors (Lipinski definition) is 6. The number of rotatable bonds is 58. The Hall–Kier alpha value is -5.23. The lowest BCUT2D eigenvalue weighted by Crippen LogP contribution is -2.30. The third-order valence-electron chi connectivity index (χ3n) is 13.4. The molecule has 0 aromatic carbocycles. The van der Waals surface area contributed by atoms with E-state index in [4.69, 9.17) is 14.2 Å². The molecule has 460 valence electrons. The molecule has 1 atom stereocenters. The van der Waals surface area contributed by atoms with E-state index in [1.807, 2.05) is 0 Å². The molecule has 0 aromatic rings. The van der Waals surface area contributed by atoms with Crippen molar-refractivity contribution in [1.82, 2.24) is 0 Å². The second-order valence-electron chi connectivity index (χ2n) is 21.3. The predicted molar refractivity (Wildman–Crippen MR) is 357 cm³/mol. The van der Waals surface area contributed by atoms with E-state index in [0.29, 0.717) is 19.3 Å². The number of allylic oxidation sites excluding steroid dienone is 28. The highest BCUT2D eigenvalue weighted by Crippen LogP contribution is 2.14. The SMILES string of the molecule is CC/C=C\C/C=C\C/C=C\C/C=C\C/C=C\C/C=C\CCCCCCCCC(=O)OCC(COC(=O)CCCCCCC/C=C\C/C=C\CCCC)OC(=O)CCCCCCCC/C=C\C/C=C\C/C=C\C/C=C\C/C=C\C/C=C\CC. The quantitative estimate of drug-likeness (QED) is 0.0261. The first-order valence-corrected chi connectivity index (χ1v) is 33.1. The molecule has 0 aliphatic heterocycles. The Morgan fingerprint density at radius 2 is 0.476 bits per heavy atom. The minimum Gasteiger partial charge on any atom is -0.462 e. The van der Waals surface area contributed by atoms with Gasteiger partial charge in [0.2, 0.25) is 0 Å². The van der Waals surface area contributed by atoms with Crippen LogP contribution in [-0.2, 0) is 28.6 Å². The maximum atomic E-state index is 12.9. The van der Waals surface area contributed by atoms with Gasteiger partial charge in [-0.05, 0) is 148 Å². The molecule has 82 heavy (non-hydrogen) atoms. The number of carbonyl (C=O) groups is 3. The van der Waals surface area contributed by atoms with Gasteiger partial charge in [0.15, 0.2) is 6.10 Å². The first kappa shape index (κ1) is 76.8. The van der Waals surface area contributed by atoms with E-state index in [0.717, 1.165) is 186 Å². The van der Waals surface area contributed by atoms with Gasteiger partial charge in [0.25, 0.3) is 0 Å². The van der Waals surface area contributed by atoms with Crippen molar-refractivity contribution in [3.8, 4) is 0 Å². The molecule has 0 heterocycles. The molecule has 0 rings (SSSR count). The standard InChI is InChI=1S/C76H120O6/c1-4-7-10-13-16-19-22-25-28-30-32-34-36-38-40-42-44-46-48-51-54-57-60-63-66-69-75(78)81-72-73(71-80-74(77)68-65-62-59-56-53-50-27-24-21-18-15-12-9-6-3)82-76(79)70-67-64-61-58-55-52-49-47-45-43-41-39-37-35-33-31-29-26-23-20-17-14-11-8-5-2/h7-8,10-11,15-20,24-29,32-35,38-41,44-47,73H,4-6,9,12-14,21-23,30-31,36-37,42-43,48-72H2,1-3H3/b10-7-,11-8-,18-15-,19-16-,20-17-,27-24-,28-25-,29-26-,34-32-,35-33-,40-38-,41-39-,46-44-,47-45-. The molecule has 6 heteroatoms. The minimum atomic E-state index is -0.810. The van der Waals surface area contributed by atoms with Crippen LogP contribution in [0.4, 0.5) is 0 Å². The van der Waals surface area contributed by atoms with Gasteiger partial charge < -0.3 is 14.2 Å². The summed E-state index contributed by atoms with van der Waals surface area (Å²) in [7, 11) is 0. The summed E-state index contributed by atoms with van der Waals surface area (Å²) in [6.07, 6.45) is 101. The molecule has 0 N–H and O–H groups in total. The topological polar surface area (TPSA) is 78.9 Å². The zero-order valence-electron chi connectivity index (χ0n) is 52.7. The van der Waals surface area contributed by atoms with E-state index in [2.05, 4.69) is 191 Å². The molecule has 0 radical (unpaired) electrons. The van der Waals surface area contributed by atoms with Gasteiger partial charge in [-0.25, -0.2) is 0 Å². The van der Waals surface area contributed by atoms with Gasteiger partial charge in [-0.15, -0.1) is 0 Å². The molecule has 0 amide bonds. The van der Waals surface area contributed by atoms with Crippen molar-refractivity contribution in [3.63, 3.8) is 0 Å². The fraction of sp³-hybridized carbons (Fsp3) is 0.592. The van der Waals surface area contributed by atoms with Gasteiger partial charge in [0, 0.05) is 19.3 Å². The molecular weight excluding hydrogens is 1010 g/mol. The van der Waals surface area contributed by atoms with Crippen molar-refractivity contribution >= 4 is 17.9 Å². The van der Waals surface area contributed by atoms with Crippen LogP contribution in [0.25, 0.3) is 0 Å². The highest BCUT2D eigenvalue weighted by molar-refractivity contribution is 5.71. The largest absolute Gasteiger partial charge is 0.462 e. The average Bonchev–Trinajstić information content (AvgIpc) is 3.47. The molecule has 0 saturated carbocycles. The summed E-state index contributed by atoms with van der Waals surface area (Å²) in [4.78, 5) is 38.4. The van der Waals surface area contributed by atoms with Gasteiger partial charge in [0.05, 0.1) is 0 Å². The Balaban J connectivity index is 4.46. The highest BCUT2D eigenvalue weighted by Gasteiger charge is 2.19. The van der Waals surface area contributed by atoms with Crippen molar-refractivity contribution in [2.75, 3.05) is 13.2 Å². The molecule has 0 aliphatic rings. The molecule has 0 aromatic heterocycles. The summed E-state index contributed by atoms with van der Waals surface area (Å²) in [6.45, 7) is 6.33. The summed E-state index contributed by atoms with van der Waals surface area (Å²) in [6, 6.07) is 0. The number of hydrogen-bond donors (Lipinski definition) is 0. The van der Waals surface area contributed by atoms with Crippen LogP contribution in [0.15, 0.2) is 170 Å². The Labute approximate surface area is 504 Å². The monoisotopic (exact) mass is 1130 g/mol. The van der Waals surface area contributed by atoms with E-state index in [9.17, 15) is 14.4 Å². The van der Waals surface area contributed by atoms with Crippen LogP contribution in [0, 0.1) is 0 Å². The lowest BCUT2D eigenvalue weighted by Gasteiger charge is -2.18. The summed E-state index contributed by atoms with van der Waals surface area (Å²) in [5.74, 6) is -0.949. The molecule has 0 fully saturated rings. The minimum absolute atomic E-state index is 0.104. The van der Waals surface area contributed by atoms with Crippen LogP contribution in [0.1, 0.15) is 271 Å². The molecule has 0 bridgehead atoms.